The molecule has 5 heteroatoms. The summed E-state index contributed by atoms with van der Waals surface area (Å²) in [5.74, 6) is -0.401. The lowest BCUT2D eigenvalue weighted by atomic mass is 10.1. The van der Waals surface area contributed by atoms with E-state index in [1.165, 1.54) is 6.07 Å². The van der Waals surface area contributed by atoms with Gasteiger partial charge in [-0.2, -0.15) is 0 Å². The lowest BCUT2D eigenvalue weighted by Gasteiger charge is -2.15. The summed E-state index contributed by atoms with van der Waals surface area (Å²) in [7, 11) is 0. The minimum atomic E-state index is -0.401. The molecule has 2 aromatic rings. The molecule has 21 heavy (non-hydrogen) atoms. The van der Waals surface area contributed by atoms with Crippen molar-refractivity contribution in [2.75, 3.05) is 6.61 Å². The molecular weight excluding hydrogens is 268 g/mol. The van der Waals surface area contributed by atoms with Gasteiger partial charge in [-0.05, 0) is 38.5 Å². The summed E-state index contributed by atoms with van der Waals surface area (Å²) in [6, 6.07) is 6.99. The van der Waals surface area contributed by atoms with E-state index in [0.29, 0.717) is 30.0 Å². The highest BCUT2D eigenvalue weighted by Gasteiger charge is 2.18. The molecule has 0 aliphatic rings. The molecule has 0 saturated heterocycles. The molecule has 0 aromatic carbocycles. The number of rotatable bonds is 4. The highest BCUT2D eigenvalue weighted by Crippen LogP contribution is 2.14. The predicted molar refractivity (Wildman–Crippen MR) is 79.5 cm³/mol. The molecule has 2 heterocycles. The first-order chi connectivity index (χ1) is 10.0. The molecule has 0 aliphatic heterocycles. The summed E-state index contributed by atoms with van der Waals surface area (Å²) in [6.45, 7) is 5.89. The van der Waals surface area contributed by atoms with Crippen LogP contribution in [0.3, 0.4) is 0 Å². The van der Waals surface area contributed by atoms with Crippen molar-refractivity contribution in [3.63, 3.8) is 0 Å². The van der Waals surface area contributed by atoms with Gasteiger partial charge in [0.2, 0.25) is 0 Å². The second-order valence-corrected chi connectivity index (χ2v) is 4.75. The van der Waals surface area contributed by atoms with Crippen LogP contribution in [0.2, 0.25) is 0 Å². The molecule has 0 N–H and O–H groups in total. The molecule has 0 aliphatic carbocycles. The normalized spacial score (nSPS) is 10.4. The Labute approximate surface area is 123 Å². The summed E-state index contributed by atoms with van der Waals surface area (Å²) in [5, 5.41) is 0. The molecular formula is C16H18N2O3. The molecule has 0 amide bonds. The van der Waals surface area contributed by atoms with Crippen LogP contribution in [-0.2, 0) is 11.3 Å². The van der Waals surface area contributed by atoms with Gasteiger partial charge in [0.15, 0.2) is 0 Å². The number of nitrogens with zero attached hydrogens (tertiary/aromatic N) is 2. The summed E-state index contributed by atoms with van der Waals surface area (Å²) in [6.07, 6.45) is 1.68. The molecule has 0 saturated carbocycles. The maximum Gasteiger partial charge on any atom is 0.340 e. The zero-order chi connectivity index (χ0) is 15.4. The molecule has 0 bridgehead atoms. The van der Waals surface area contributed by atoms with E-state index in [1.54, 1.807) is 31.5 Å². The largest absolute Gasteiger partial charge is 0.462 e. The third kappa shape index (κ3) is 3.18. The Morgan fingerprint density at radius 1 is 1.33 bits per heavy atom. The van der Waals surface area contributed by atoms with Gasteiger partial charge in [0.25, 0.3) is 5.56 Å². The highest BCUT2D eigenvalue weighted by molar-refractivity contribution is 5.92. The third-order valence-electron chi connectivity index (χ3n) is 3.29. The summed E-state index contributed by atoms with van der Waals surface area (Å²) >= 11 is 0. The molecule has 110 valence electrons. The number of aryl methyl sites for hydroxylation is 1. The van der Waals surface area contributed by atoms with Gasteiger partial charge < -0.3 is 9.30 Å². The van der Waals surface area contributed by atoms with E-state index in [9.17, 15) is 9.59 Å². The van der Waals surface area contributed by atoms with E-state index in [0.717, 1.165) is 5.69 Å². The van der Waals surface area contributed by atoms with Crippen molar-refractivity contribution < 1.29 is 9.53 Å². The van der Waals surface area contributed by atoms with Crippen molar-refractivity contribution in [3.05, 3.63) is 63.3 Å². The van der Waals surface area contributed by atoms with E-state index < -0.39 is 5.97 Å². The first-order valence-electron chi connectivity index (χ1n) is 6.82. The van der Waals surface area contributed by atoms with Gasteiger partial charge in [0.1, 0.15) is 0 Å². The Kier molecular flexibility index (Phi) is 4.52. The van der Waals surface area contributed by atoms with Crippen LogP contribution in [0.5, 0.6) is 0 Å². The number of pyridine rings is 2. The second-order valence-electron chi connectivity index (χ2n) is 4.75. The SMILES string of the molecule is CCOC(=O)c1c(C)cc(=O)n(Cc2ccccn2)c1C. The van der Waals surface area contributed by atoms with Crippen LogP contribution >= 0.6 is 0 Å². The van der Waals surface area contributed by atoms with Crippen molar-refractivity contribution in [2.24, 2.45) is 0 Å². The Hall–Kier alpha value is -2.43. The van der Waals surface area contributed by atoms with E-state index in [2.05, 4.69) is 4.98 Å². The fraction of sp³-hybridized carbons (Fsp3) is 0.312. The first-order valence-corrected chi connectivity index (χ1v) is 6.82. The van der Waals surface area contributed by atoms with E-state index >= 15 is 0 Å². The zero-order valence-corrected chi connectivity index (χ0v) is 12.4. The zero-order valence-electron chi connectivity index (χ0n) is 12.4. The average molecular weight is 286 g/mol. The summed E-state index contributed by atoms with van der Waals surface area (Å²) < 4.78 is 6.61. The maximum absolute atomic E-state index is 12.2. The fourth-order valence-corrected chi connectivity index (χ4v) is 2.28. The van der Waals surface area contributed by atoms with Crippen molar-refractivity contribution in [3.8, 4) is 0 Å². The van der Waals surface area contributed by atoms with Gasteiger partial charge in [0.05, 0.1) is 24.4 Å². The number of aromatic nitrogens is 2. The number of ether oxygens (including phenoxy) is 1. The van der Waals surface area contributed by atoms with Gasteiger partial charge >= 0.3 is 5.97 Å². The minimum Gasteiger partial charge on any atom is -0.462 e. The topological polar surface area (TPSA) is 61.2 Å². The number of hydrogen-bond acceptors (Lipinski definition) is 4. The Bertz CT molecular complexity index is 705. The summed E-state index contributed by atoms with van der Waals surface area (Å²) in [4.78, 5) is 28.4. The first kappa shape index (κ1) is 15.0. The Morgan fingerprint density at radius 2 is 2.10 bits per heavy atom. The molecule has 5 nitrogen and oxygen atoms in total. The van der Waals surface area contributed by atoms with Crippen LogP contribution in [-0.4, -0.2) is 22.1 Å². The quantitative estimate of drug-likeness (QED) is 0.807. The van der Waals surface area contributed by atoms with Gasteiger partial charge in [-0.15, -0.1) is 0 Å². The van der Waals surface area contributed by atoms with Crippen molar-refractivity contribution in [1.29, 1.82) is 0 Å². The average Bonchev–Trinajstić information content (AvgIpc) is 2.44. The smallest absolute Gasteiger partial charge is 0.340 e. The molecule has 0 fully saturated rings. The van der Waals surface area contributed by atoms with Crippen LogP contribution in [0.25, 0.3) is 0 Å². The molecule has 2 aromatic heterocycles. The van der Waals surface area contributed by atoms with E-state index in [1.807, 2.05) is 18.2 Å². The van der Waals surface area contributed by atoms with Crippen LogP contribution in [0.15, 0.2) is 35.3 Å². The predicted octanol–water partition coefficient (Wildman–Crippen LogP) is 2.09. The Balaban J connectivity index is 2.49. The van der Waals surface area contributed by atoms with Crippen molar-refractivity contribution in [1.82, 2.24) is 9.55 Å². The lowest BCUT2D eigenvalue weighted by Crippen LogP contribution is -2.26. The van der Waals surface area contributed by atoms with E-state index in [-0.39, 0.29) is 5.56 Å². The number of carbonyl (C=O) groups excluding carboxylic acids is 1. The molecule has 0 radical (unpaired) electrons. The number of carbonyl (C=O) groups is 1. The van der Waals surface area contributed by atoms with Gasteiger partial charge in [-0.3, -0.25) is 9.78 Å². The molecule has 0 atom stereocenters. The van der Waals surface area contributed by atoms with Crippen LogP contribution < -0.4 is 5.56 Å². The monoisotopic (exact) mass is 286 g/mol. The summed E-state index contributed by atoms with van der Waals surface area (Å²) in [5.41, 5.74) is 2.30. The third-order valence-corrected chi connectivity index (χ3v) is 3.29. The molecule has 0 spiro atoms. The van der Waals surface area contributed by atoms with Gasteiger partial charge in [-0.25, -0.2) is 4.79 Å². The lowest BCUT2D eigenvalue weighted by molar-refractivity contribution is 0.0523. The van der Waals surface area contributed by atoms with Crippen molar-refractivity contribution >= 4 is 5.97 Å². The maximum atomic E-state index is 12.2. The Morgan fingerprint density at radius 3 is 2.71 bits per heavy atom. The van der Waals surface area contributed by atoms with Crippen LogP contribution in [0, 0.1) is 13.8 Å². The number of esters is 1. The van der Waals surface area contributed by atoms with Gasteiger partial charge in [0, 0.05) is 18.0 Å². The standard InChI is InChI=1S/C16H18N2O3/c1-4-21-16(20)15-11(2)9-14(19)18(12(15)3)10-13-7-5-6-8-17-13/h5-9H,4,10H2,1-3H3. The molecule has 0 unspecified atom stereocenters. The number of hydrogen-bond donors (Lipinski definition) is 0. The van der Waals surface area contributed by atoms with Crippen LogP contribution in [0.1, 0.15) is 34.2 Å². The second kappa shape index (κ2) is 6.35. The highest BCUT2D eigenvalue weighted by atomic mass is 16.5. The fourth-order valence-electron chi connectivity index (χ4n) is 2.28. The molecule has 2 rings (SSSR count). The minimum absolute atomic E-state index is 0.149. The van der Waals surface area contributed by atoms with Gasteiger partial charge in [-0.1, -0.05) is 6.07 Å². The van der Waals surface area contributed by atoms with E-state index in [4.69, 9.17) is 4.74 Å². The van der Waals surface area contributed by atoms with Crippen molar-refractivity contribution in [2.45, 2.75) is 27.3 Å². The van der Waals surface area contributed by atoms with Crippen LogP contribution in [0.4, 0.5) is 0 Å².